The summed E-state index contributed by atoms with van der Waals surface area (Å²) in [6.45, 7) is 8.56. The molecule has 0 aromatic carbocycles. The summed E-state index contributed by atoms with van der Waals surface area (Å²) < 4.78 is 8.73. The molecule has 0 unspecified atom stereocenters. The third-order valence-electron chi connectivity index (χ3n) is 5.58. The van der Waals surface area contributed by atoms with E-state index in [0.29, 0.717) is 40.7 Å². The highest BCUT2D eigenvalue weighted by molar-refractivity contribution is 5.93. The van der Waals surface area contributed by atoms with Gasteiger partial charge in [0, 0.05) is 42.4 Å². The van der Waals surface area contributed by atoms with Gasteiger partial charge in [0.2, 0.25) is 5.43 Å². The topological polar surface area (TPSA) is 96.1 Å². The van der Waals surface area contributed by atoms with Crippen LogP contribution < -0.4 is 10.9 Å². The number of esters is 1. The number of rotatable bonds is 6. The molecule has 0 saturated carbocycles. The minimum absolute atomic E-state index is 0.0473. The van der Waals surface area contributed by atoms with Gasteiger partial charge in [0.25, 0.3) is 0 Å². The number of ether oxygens (including phenoxy) is 1. The van der Waals surface area contributed by atoms with E-state index in [2.05, 4.69) is 9.97 Å². The number of pyridine rings is 4. The number of allylic oxidation sites excluding steroid dienone is 1. The lowest BCUT2D eigenvalue weighted by molar-refractivity contribution is 0.0524. The second kappa shape index (κ2) is 9.43. The fourth-order valence-corrected chi connectivity index (χ4v) is 3.89. The third-order valence-corrected chi connectivity index (χ3v) is 5.58. The molecule has 8 heteroatoms. The zero-order valence-electron chi connectivity index (χ0n) is 19.7. The van der Waals surface area contributed by atoms with Crippen LogP contribution in [0.5, 0.6) is 0 Å². The predicted molar refractivity (Wildman–Crippen MR) is 132 cm³/mol. The van der Waals surface area contributed by atoms with E-state index in [1.165, 1.54) is 6.20 Å². The number of carbonyl (C=O) groups is 1. The summed E-state index contributed by atoms with van der Waals surface area (Å²) in [5.41, 5.74) is 2.69. The van der Waals surface area contributed by atoms with E-state index in [0.717, 1.165) is 11.4 Å². The number of nitrogens with zero attached hydrogens (tertiary/aromatic N) is 4. The smallest absolute Gasteiger partial charge is 0.343 e. The number of aromatic nitrogens is 4. The first-order valence-electron chi connectivity index (χ1n) is 11.2. The van der Waals surface area contributed by atoms with E-state index in [1.54, 1.807) is 42.0 Å². The highest BCUT2D eigenvalue weighted by Crippen LogP contribution is 2.14. The quantitative estimate of drug-likeness (QED) is 0.410. The second-order valence-corrected chi connectivity index (χ2v) is 7.99. The van der Waals surface area contributed by atoms with E-state index in [1.807, 2.05) is 37.5 Å². The van der Waals surface area contributed by atoms with Crippen LogP contribution in [0.4, 0.5) is 0 Å². The first-order chi connectivity index (χ1) is 16.3. The minimum Gasteiger partial charge on any atom is -0.462 e. The van der Waals surface area contributed by atoms with Gasteiger partial charge >= 0.3 is 5.97 Å². The largest absolute Gasteiger partial charge is 0.462 e. The molecule has 4 heterocycles. The normalized spacial score (nSPS) is 11.5. The Labute approximate surface area is 196 Å². The van der Waals surface area contributed by atoms with Gasteiger partial charge < -0.3 is 13.9 Å². The minimum atomic E-state index is -0.671. The van der Waals surface area contributed by atoms with Crippen molar-refractivity contribution in [2.24, 2.45) is 0 Å². The number of carbonyl (C=O) groups excluding carboxylic acids is 1. The molecule has 0 atom stereocenters. The van der Waals surface area contributed by atoms with Crippen molar-refractivity contribution in [1.82, 2.24) is 19.1 Å². The highest BCUT2D eigenvalue weighted by Gasteiger charge is 2.17. The first-order valence-corrected chi connectivity index (χ1v) is 11.2. The molecule has 34 heavy (non-hydrogen) atoms. The fourth-order valence-electron chi connectivity index (χ4n) is 3.89. The Hall–Kier alpha value is -4.07. The Morgan fingerprint density at radius 1 is 0.912 bits per heavy atom. The van der Waals surface area contributed by atoms with Crippen LogP contribution in [0.25, 0.3) is 28.1 Å². The second-order valence-electron chi connectivity index (χ2n) is 7.99. The monoisotopic (exact) mass is 458 g/mol. The molecule has 0 aliphatic carbocycles. The maximum atomic E-state index is 13.0. The summed E-state index contributed by atoms with van der Waals surface area (Å²) in [5, 5.41) is 0.898. The zero-order valence-corrected chi connectivity index (χ0v) is 19.7. The van der Waals surface area contributed by atoms with Gasteiger partial charge in [-0.25, -0.2) is 14.8 Å². The lowest BCUT2D eigenvalue weighted by atomic mass is 10.1. The molecular weight excluding hydrogens is 432 g/mol. The van der Waals surface area contributed by atoms with Crippen LogP contribution in [0, 0.1) is 13.8 Å². The van der Waals surface area contributed by atoms with E-state index in [9.17, 15) is 14.4 Å². The van der Waals surface area contributed by atoms with Crippen molar-refractivity contribution < 1.29 is 9.53 Å². The summed E-state index contributed by atoms with van der Waals surface area (Å²) in [4.78, 5) is 47.3. The van der Waals surface area contributed by atoms with Crippen LogP contribution in [0.3, 0.4) is 0 Å². The van der Waals surface area contributed by atoms with Crippen LogP contribution in [0.15, 0.2) is 52.3 Å². The zero-order chi connectivity index (χ0) is 24.4. The van der Waals surface area contributed by atoms with E-state index in [-0.39, 0.29) is 17.6 Å². The molecule has 174 valence electrons. The fraction of sp³-hybridized carbons (Fsp3) is 0.269. The summed E-state index contributed by atoms with van der Waals surface area (Å²) in [7, 11) is 0. The SMILES string of the molecule is CCOC(=O)c1cn(C/C=C/c2cn(CC)c3nc(C)ccc3c2=O)c2nc(C)ccc2c1=O. The average Bonchev–Trinajstić information content (AvgIpc) is 2.81. The van der Waals surface area contributed by atoms with Crippen molar-refractivity contribution >= 4 is 34.1 Å². The lowest BCUT2D eigenvalue weighted by Gasteiger charge is -2.12. The van der Waals surface area contributed by atoms with Crippen LogP contribution in [-0.4, -0.2) is 31.7 Å². The molecule has 0 amide bonds. The van der Waals surface area contributed by atoms with Crippen LogP contribution in [-0.2, 0) is 17.8 Å². The molecule has 0 N–H and O–H groups in total. The number of fused-ring (bicyclic) bond motifs is 2. The molecule has 0 aliphatic rings. The van der Waals surface area contributed by atoms with Crippen molar-refractivity contribution in [1.29, 1.82) is 0 Å². The van der Waals surface area contributed by atoms with Gasteiger partial charge in [-0.1, -0.05) is 12.2 Å². The molecule has 0 spiro atoms. The van der Waals surface area contributed by atoms with E-state index in [4.69, 9.17) is 4.74 Å². The number of hydrogen-bond donors (Lipinski definition) is 0. The average molecular weight is 459 g/mol. The van der Waals surface area contributed by atoms with Crippen molar-refractivity contribution in [2.45, 2.75) is 40.8 Å². The van der Waals surface area contributed by atoms with Gasteiger partial charge in [-0.2, -0.15) is 0 Å². The van der Waals surface area contributed by atoms with Crippen molar-refractivity contribution in [3.63, 3.8) is 0 Å². The van der Waals surface area contributed by atoms with Gasteiger partial charge in [0.15, 0.2) is 5.43 Å². The van der Waals surface area contributed by atoms with Crippen LogP contribution in [0.1, 0.15) is 41.2 Å². The molecule has 0 radical (unpaired) electrons. The maximum absolute atomic E-state index is 13.0. The number of hydrogen-bond acceptors (Lipinski definition) is 6. The maximum Gasteiger partial charge on any atom is 0.343 e. The van der Waals surface area contributed by atoms with Gasteiger partial charge in [-0.15, -0.1) is 0 Å². The van der Waals surface area contributed by atoms with Crippen LogP contribution in [0.2, 0.25) is 0 Å². The van der Waals surface area contributed by atoms with Gasteiger partial charge in [-0.05, 0) is 52.0 Å². The Morgan fingerprint density at radius 2 is 1.53 bits per heavy atom. The molecule has 4 aromatic rings. The van der Waals surface area contributed by atoms with Crippen LogP contribution >= 0.6 is 0 Å². The Balaban J connectivity index is 1.78. The van der Waals surface area contributed by atoms with E-state index >= 15 is 0 Å². The summed E-state index contributed by atoms with van der Waals surface area (Å²) in [5.74, 6) is -0.671. The van der Waals surface area contributed by atoms with E-state index < -0.39 is 11.4 Å². The van der Waals surface area contributed by atoms with Gasteiger partial charge in [0.1, 0.15) is 16.9 Å². The predicted octanol–water partition coefficient (Wildman–Crippen LogP) is 3.63. The Kier molecular flexibility index (Phi) is 6.40. The third kappa shape index (κ3) is 4.26. The Morgan fingerprint density at radius 3 is 2.15 bits per heavy atom. The van der Waals surface area contributed by atoms with Gasteiger partial charge in [-0.3, -0.25) is 9.59 Å². The highest BCUT2D eigenvalue weighted by atomic mass is 16.5. The summed E-state index contributed by atoms with van der Waals surface area (Å²) >= 11 is 0. The summed E-state index contributed by atoms with van der Waals surface area (Å²) in [6.07, 6.45) is 6.82. The molecule has 0 fully saturated rings. The molecule has 4 rings (SSSR count). The van der Waals surface area contributed by atoms with Crippen molar-refractivity contribution in [3.8, 4) is 0 Å². The molecule has 0 aliphatic heterocycles. The molecule has 0 bridgehead atoms. The molecular formula is C26H26N4O4. The Bertz CT molecular complexity index is 1560. The van der Waals surface area contributed by atoms with Crippen molar-refractivity contribution in [3.05, 3.63) is 85.7 Å². The number of aryl methyl sites for hydroxylation is 3. The molecule has 8 nitrogen and oxygen atoms in total. The van der Waals surface area contributed by atoms with Gasteiger partial charge in [0.05, 0.1) is 17.4 Å². The van der Waals surface area contributed by atoms with Crippen molar-refractivity contribution in [2.75, 3.05) is 6.61 Å². The lowest BCUT2D eigenvalue weighted by Crippen LogP contribution is -2.21. The summed E-state index contributed by atoms with van der Waals surface area (Å²) in [6, 6.07) is 7.03. The molecule has 0 saturated heterocycles. The standard InChI is InChI=1S/C26H26N4O4/c1-5-29-14-18(22(31)19-11-9-16(3)27-24(19)29)8-7-13-30-15-21(26(33)34-6-2)23(32)20-12-10-17(4)28-25(20)30/h7-12,14-15H,5-6,13H2,1-4H3/b8-7+. The molecule has 4 aromatic heterocycles. The first kappa shape index (κ1) is 23.1.